The van der Waals surface area contributed by atoms with Gasteiger partial charge in [-0.3, -0.25) is 19.6 Å². The number of phenolic OH excluding ortho intramolecular Hbond substituents is 2. The fraction of sp³-hybridized carbons (Fsp3) is 0.211. The third kappa shape index (κ3) is 10.6. The number of amides is 2. The average Bonchev–Trinajstić information content (AvgIpc) is 3.13. The number of ether oxygens (including phenoxy) is 2. The van der Waals surface area contributed by atoms with Gasteiger partial charge in [-0.2, -0.15) is 0 Å². The van der Waals surface area contributed by atoms with E-state index in [1.807, 2.05) is 60.7 Å². The molecular formula is C38H38N4O8. The van der Waals surface area contributed by atoms with E-state index >= 15 is 0 Å². The van der Waals surface area contributed by atoms with E-state index in [4.69, 9.17) is 9.47 Å². The fourth-order valence-corrected chi connectivity index (χ4v) is 4.89. The summed E-state index contributed by atoms with van der Waals surface area (Å²) < 4.78 is 9.74. The molecule has 0 unspecified atom stereocenters. The van der Waals surface area contributed by atoms with Gasteiger partial charge in [0, 0.05) is 47.5 Å². The second kappa shape index (κ2) is 18.3. The Kier molecular flexibility index (Phi) is 13.4. The molecule has 0 saturated heterocycles. The largest absolute Gasteiger partial charge is 0.507 e. The van der Waals surface area contributed by atoms with E-state index in [9.17, 15) is 29.4 Å². The van der Waals surface area contributed by atoms with Gasteiger partial charge in [-0.05, 0) is 47.5 Å². The van der Waals surface area contributed by atoms with Crippen LogP contribution in [0.5, 0.6) is 11.5 Å². The van der Waals surface area contributed by atoms with E-state index in [1.165, 1.54) is 63.0 Å². The molecular weight excluding hydrogens is 640 g/mol. The van der Waals surface area contributed by atoms with Gasteiger partial charge in [-0.25, -0.2) is 9.59 Å². The van der Waals surface area contributed by atoms with Gasteiger partial charge in [-0.15, -0.1) is 0 Å². The standard InChI is InChI=1S/C38H38N4O8/c1-49-37(47)31(19-25-9-5-3-6-10-25)41-35(45)27-13-15-33(43)29(21-27)23-39-17-18-40-24-30-22-28(14-16-34(30)44)36(46)42-32(38(48)50-2)20-26-11-7-4-8-12-26/h3-16,21-24,31-32,43-44H,17-20H2,1-2H3,(H,41,45)(H,42,46)/t31-,32-/m0/s1. The molecule has 2 amide bonds. The molecule has 50 heavy (non-hydrogen) atoms. The van der Waals surface area contributed by atoms with Crippen LogP contribution in [0, 0.1) is 0 Å². The van der Waals surface area contributed by atoms with E-state index in [-0.39, 0.29) is 59.7 Å². The summed E-state index contributed by atoms with van der Waals surface area (Å²) in [5.41, 5.74) is 2.69. The molecule has 0 heterocycles. The zero-order valence-electron chi connectivity index (χ0n) is 27.6. The number of nitrogens with one attached hydrogen (secondary N) is 2. The van der Waals surface area contributed by atoms with Crippen molar-refractivity contribution in [3.63, 3.8) is 0 Å². The molecule has 4 N–H and O–H groups in total. The smallest absolute Gasteiger partial charge is 0.328 e. The maximum Gasteiger partial charge on any atom is 0.328 e. The van der Waals surface area contributed by atoms with Gasteiger partial charge in [0.25, 0.3) is 11.8 Å². The van der Waals surface area contributed by atoms with Crippen molar-refractivity contribution < 1.29 is 38.9 Å². The lowest BCUT2D eigenvalue weighted by Crippen LogP contribution is -2.43. The molecule has 2 atom stereocenters. The van der Waals surface area contributed by atoms with Crippen LogP contribution in [0.3, 0.4) is 0 Å². The van der Waals surface area contributed by atoms with E-state index < -0.39 is 35.8 Å². The van der Waals surface area contributed by atoms with Crippen molar-refractivity contribution in [2.24, 2.45) is 9.98 Å². The number of rotatable bonds is 15. The number of hydrogen-bond donors (Lipinski definition) is 4. The number of benzene rings is 4. The van der Waals surface area contributed by atoms with E-state index in [0.717, 1.165) is 11.1 Å². The summed E-state index contributed by atoms with van der Waals surface area (Å²) in [6.45, 7) is 0.407. The third-order valence-corrected chi connectivity index (χ3v) is 7.55. The first-order valence-corrected chi connectivity index (χ1v) is 15.7. The Morgan fingerprint density at radius 3 is 1.36 bits per heavy atom. The van der Waals surface area contributed by atoms with Gasteiger partial charge in [0.2, 0.25) is 0 Å². The molecule has 0 saturated carbocycles. The molecule has 0 bridgehead atoms. The number of phenols is 2. The summed E-state index contributed by atoms with van der Waals surface area (Å²) in [6, 6.07) is 25.1. The predicted molar refractivity (Wildman–Crippen MR) is 188 cm³/mol. The van der Waals surface area contributed by atoms with Crippen molar-refractivity contribution in [3.05, 3.63) is 130 Å². The number of hydrogen-bond acceptors (Lipinski definition) is 10. The van der Waals surface area contributed by atoms with Crippen molar-refractivity contribution in [2.75, 3.05) is 27.3 Å². The number of methoxy groups -OCH3 is 2. The number of esters is 2. The molecule has 0 aromatic heterocycles. The van der Waals surface area contributed by atoms with Crippen molar-refractivity contribution in [1.82, 2.24) is 10.6 Å². The van der Waals surface area contributed by atoms with Crippen LogP contribution in [0.25, 0.3) is 0 Å². The molecule has 12 nitrogen and oxygen atoms in total. The first-order chi connectivity index (χ1) is 24.2. The van der Waals surface area contributed by atoms with E-state index in [0.29, 0.717) is 0 Å². The summed E-state index contributed by atoms with van der Waals surface area (Å²) in [5, 5.41) is 26.1. The highest BCUT2D eigenvalue weighted by Gasteiger charge is 2.24. The van der Waals surface area contributed by atoms with Gasteiger partial charge in [0.1, 0.15) is 23.6 Å². The SMILES string of the molecule is COC(=O)[C@H](Cc1ccccc1)NC(=O)c1ccc(O)c(C=NCCN=Cc2cc(C(=O)N[C@@H](Cc3ccccc3)C(=O)OC)ccc2O)c1. The summed E-state index contributed by atoms with van der Waals surface area (Å²) in [7, 11) is 2.50. The number of nitrogens with zero attached hydrogens (tertiary/aromatic N) is 2. The van der Waals surface area contributed by atoms with Gasteiger partial charge in [-0.1, -0.05) is 60.7 Å². The van der Waals surface area contributed by atoms with Crippen LogP contribution in [0.2, 0.25) is 0 Å². The maximum absolute atomic E-state index is 13.0. The Morgan fingerprint density at radius 2 is 1.00 bits per heavy atom. The molecule has 4 rings (SSSR count). The number of aliphatic imine (C=N–C) groups is 2. The highest BCUT2D eigenvalue weighted by atomic mass is 16.5. The van der Waals surface area contributed by atoms with Crippen molar-refractivity contribution in [1.29, 1.82) is 0 Å². The minimum absolute atomic E-state index is 0.0965. The second-order valence-corrected chi connectivity index (χ2v) is 11.1. The lowest BCUT2D eigenvalue weighted by atomic mass is 10.0. The predicted octanol–water partition coefficient (Wildman–Crippen LogP) is 3.66. The maximum atomic E-state index is 13.0. The van der Waals surface area contributed by atoms with E-state index in [1.54, 1.807) is 0 Å². The van der Waals surface area contributed by atoms with Crippen LogP contribution in [0.1, 0.15) is 43.0 Å². The molecule has 0 spiro atoms. The fourth-order valence-electron chi connectivity index (χ4n) is 4.89. The van der Waals surface area contributed by atoms with Crippen LogP contribution < -0.4 is 10.6 Å². The Hall–Kier alpha value is -6.30. The Bertz CT molecular complexity index is 1710. The van der Waals surface area contributed by atoms with Crippen LogP contribution in [-0.4, -0.2) is 85.8 Å². The number of carbonyl (C=O) groups is 4. The molecule has 0 aliphatic heterocycles. The molecule has 0 aliphatic carbocycles. The third-order valence-electron chi connectivity index (χ3n) is 7.55. The highest BCUT2D eigenvalue weighted by Crippen LogP contribution is 2.19. The summed E-state index contributed by atoms with van der Waals surface area (Å²) >= 11 is 0. The molecule has 0 fully saturated rings. The Labute approximate surface area is 289 Å². The lowest BCUT2D eigenvalue weighted by molar-refractivity contribution is -0.143. The van der Waals surface area contributed by atoms with Gasteiger partial charge in [0.15, 0.2) is 0 Å². The van der Waals surface area contributed by atoms with Crippen molar-refractivity contribution in [2.45, 2.75) is 24.9 Å². The van der Waals surface area contributed by atoms with Crippen LogP contribution in [0.4, 0.5) is 0 Å². The summed E-state index contributed by atoms with van der Waals surface area (Å²) in [4.78, 5) is 59.3. The lowest BCUT2D eigenvalue weighted by Gasteiger charge is -2.17. The molecule has 0 aliphatic rings. The summed E-state index contributed by atoms with van der Waals surface area (Å²) in [6.07, 6.45) is 3.29. The minimum Gasteiger partial charge on any atom is -0.507 e. The molecule has 0 radical (unpaired) electrons. The second-order valence-electron chi connectivity index (χ2n) is 11.1. The van der Waals surface area contributed by atoms with Crippen LogP contribution in [-0.2, 0) is 31.9 Å². The average molecular weight is 679 g/mol. The van der Waals surface area contributed by atoms with Gasteiger partial charge < -0.3 is 30.3 Å². The first-order valence-electron chi connectivity index (χ1n) is 15.7. The highest BCUT2D eigenvalue weighted by molar-refractivity contribution is 6.00. The van der Waals surface area contributed by atoms with Crippen molar-refractivity contribution in [3.8, 4) is 11.5 Å². The number of carbonyl (C=O) groups excluding carboxylic acids is 4. The quantitative estimate of drug-likeness (QED) is 0.0837. The zero-order valence-corrected chi connectivity index (χ0v) is 27.6. The monoisotopic (exact) mass is 678 g/mol. The van der Waals surface area contributed by atoms with Crippen LogP contribution >= 0.6 is 0 Å². The molecule has 12 heteroatoms. The van der Waals surface area contributed by atoms with Crippen LogP contribution in [0.15, 0.2) is 107 Å². The normalized spacial score (nSPS) is 12.3. The first kappa shape index (κ1) is 36.5. The Balaban J connectivity index is 1.34. The minimum atomic E-state index is -0.912. The van der Waals surface area contributed by atoms with Crippen molar-refractivity contribution >= 4 is 36.2 Å². The summed E-state index contributed by atoms with van der Waals surface area (Å²) in [5.74, 6) is -2.41. The molecule has 4 aromatic rings. The zero-order chi connectivity index (χ0) is 35.9. The van der Waals surface area contributed by atoms with Gasteiger partial charge in [0.05, 0.1) is 27.3 Å². The molecule has 4 aromatic carbocycles. The topological polar surface area (TPSA) is 176 Å². The Morgan fingerprint density at radius 1 is 0.620 bits per heavy atom. The van der Waals surface area contributed by atoms with E-state index in [2.05, 4.69) is 20.6 Å². The number of aromatic hydroxyl groups is 2. The molecule has 258 valence electrons. The van der Waals surface area contributed by atoms with Gasteiger partial charge >= 0.3 is 11.9 Å².